The maximum absolute atomic E-state index is 5.47. The Morgan fingerprint density at radius 1 is 1.33 bits per heavy atom. The van der Waals surface area contributed by atoms with Gasteiger partial charge in [-0.3, -0.25) is 0 Å². The Labute approximate surface area is 72.2 Å². The zero-order chi connectivity index (χ0) is 8.97. The number of pyridine rings is 1. The van der Waals surface area contributed by atoms with Gasteiger partial charge >= 0.3 is 0 Å². The van der Waals surface area contributed by atoms with Crippen LogP contribution in [0.2, 0.25) is 0 Å². The van der Waals surface area contributed by atoms with Crippen LogP contribution in [-0.4, -0.2) is 18.3 Å². The molecule has 0 aliphatic heterocycles. The molecule has 0 fully saturated rings. The van der Waals surface area contributed by atoms with Crippen molar-refractivity contribution in [3.05, 3.63) is 23.9 Å². The average molecular weight is 166 g/mol. The van der Waals surface area contributed by atoms with Gasteiger partial charge in [0.1, 0.15) is 5.82 Å². The maximum Gasteiger partial charge on any atom is 0.130 e. The third-order valence-electron chi connectivity index (χ3n) is 1.64. The highest BCUT2D eigenvalue weighted by Gasteiger charge is 2.01. The molecule has 1 rings (SSSR count). The van der Waals surface area contributed by atoms with Crippen molar-refractivity contribution in [2.24, 2.45) is 11.5 Å². The Balaban J connectivity index is 2.85. The van der Waals surface area contributed by atoms with Crippen LogP contribution in [0.25, 0.3) is 0 Å². The van der Waals surface area contributed by atoms with Gasteiger partial charge in [-0.15, -0.1) is 0 Å². The Bertz CT molecular complexity index is 245. The van der Waals surface area contributed by atoms with Crippen LogP contribution in [-0.2, 0) is 0 Å². The average Bonchev–Trinajstić information content (AvgIpc) is 2.07. The lowest BCUT2D eigenvalue weighted by Gasteiger charge is -2.18. The van der Waals surface area contributed by atoms with Crippen molar-refractivity contribution in [1.82, 2.24) is 4.98 Å². The van der Waals surface area contributed by atoms with E-state index in [9.17, 15) is 0 Å². The topological polar surface area (TPSA) is 68.2 Å². The standard InChI is InChI=1S/C8H14N4/c1-7-3-2-4-8(11-7)12(5-9)6-10/h2-4H,5-6,9-10H2,1H3. The molecule has 1 heterocycles. The second-order valence-corrected chi connectivity index (χ2v) is 2.54. The zero-order valence-electron chi connectivity index (χ0n) is 7.20. The first-order valence-corrected chi connectivity index (χ1v) is 3.86. The number of nitrogens with zero attached hydrogens (tertiary/aromatic N) is 2. The molecular formula is C8H14N4. The summed E-state index contributed by atoms with van der Waals surface area (Å²) >= 11 is 0. The summed E-state index contributed by atoms with van der Waals surface area (Å²) in [7, 11) is 0. The quantitative estimate of drug-likeness (QED) is 0.621. The Morgan fingerprint density at radius 3 is 2.50 bits per heavy atom. The molecule has 12 heavy (non-hydrogen) atoms. The lowest BCUT2D eigenvalue weighted by Crippen LogP contribution is -2.35. The van der Waals surface area contributed by atoms with Crippen LogP contribution >= 0.6 is 0 Å². The van der Waals surface area contributed by atoms with Crippen molar-refractivity contribution in [2.75, 3.05) is 18.2 Å². The number of anilines is 1. The van der Waals surface area contributed by atoms with Crippen LogP contribution in [0.15, 0.2) is 18.2 Å². The molecule has 0 amide bonds. The van der Waals surface area contributed by atoms with Crippen LogP contribution in [0, 0.1) is 6.92 Å². The SMILES string of the molecule is Cc1cccc(N(CN)CN)n1. The van der Waals surface area contributed by atoms with E-state index in [-0.39, 0.29) is 0 Å². The van der Waals surface area contributed by atoms with E-state index in [1.54, 1.807) is 4.90 Å². The fourth-order valence-electron chi connectivity index (χ4n) is 0.966. The van der Waals surface area contributed by atoms with Crippen molar-refractivity contribution < 1.29 is 0 Å². The number of hydrogen-bond donors (Lipinski definition) is 2. The first-order valence-electron chi connectivity index (χ1n) is 3.86. The predicted octanol–water partition coefficient (Wildman–Crippen LogP) is 0.0288. The van der Waals surface area contributed by atoms with Gasteiger partial charge < -0.3 is 16.4 Å². The molecule has 0 atom stereocenters. The monoisotopic (exact) mass is 166 g/mol. The summed E-state index contributed by atoms with van der Waals surface area (Å²) in [6.45, 7) is 2.73. The first kappa shape index (κ1) is 8.96. The van der Waals surface area contributed by atoms with E-state index >= 15 is 0 Å². The largest absolute Gasteiger partial charge is 0.332 e. The van der Waals surface area contributed by atoms with Gasteiger partial charge in [-0.05, 0) is 19.1 Å². The molecule has 0 bridgehead atoms. The molecule has 1 aromatic heterocycles. The lowest BCUT2D eigenvalue weighted by atomic mass is 10.3. The van der Waals surface area contributed by atoms with Crippen LogP contribution in [0.3, 0.4) is 0 Å². The summed E-state index contributed by atoms with van der Waals surface area (Å²) in [5, 5.41) is 0. The molecule has 4 heteroatoms. The molecule has 0 unspecified atom stereocenters. The minimum Gasteiger partial charge on any atom is -0.332 e. The second kappa shape index (κ2) is 4.04. The van der Waals surface area contributed by atoms with Crippen LogP contribution < -0.4 is 16.4 Å². The molecule has 0 spiro atoms. The van der Waals surface area contributed by atoms with E-state index in [2.05, 4.69) is 4.98 Å². The summed E-state index contributed by atoms with van der Waals surface area (Å²) in [6, 6.07) is 5.78. The van der Waals surface area contributed by atoms with Crippen molar-refractivity contribution in [3.8, 4) is 0 Å². The highest BCUT2D eigenvalue weighted by atomic mass is 15.3. The van der Waals surface area contributed by atoms with Crippen molar-refractivity contribution in [2.45, 2.75) is 6.92 Å². The molecule has 0 aliphatic rings. The van der Waals surface area contributed by atoms with E-state index in [0.29, 0.717) is 13.3 Å². The van der Waals surface area contributed by atoms with Gasteiger partial charge in [0.05, 0.1) is 13.3 Å². The van der Waals surface area contributed by atoms with Crippen molar-refractivity contribution >= 4 is 5.82 Å². The van der Waals surface area contributed by atoms with Crippen LogP contribution in [0.5, 0.6) is 0 Å². The smallest absolute Gasteiger partial charge is 0.130 e. The molecule has 66 valence electrons. The van der Waals surface area contributed by atoms with E-state index < -0.39 is 0 Å². The number of nitrogens with two attached hydrogens (primary N) is 2. The van der Waals surface area contributed by atoms with Gasteiger partial charge in [0.2, 0.25) is 0 Å². The lowest BCUT2D eigenvalue weighted by molar-refractivity contribution is 0.804. The minimum absolute atomic E-state index is 0.396. The molecule has 0 aliphatic carbocycles. The molecule has 0 radical (unpaired) electrons. The fourth-order valence-corrected chi connectivity index (χ4v) is 0.966. The number of aryl methyl sites for hydroxylation is 1. The van der Waals surface area contributed by atoms with E-state index in [1.165, 1.54) is 0 Å². The Hall–Kier alpha value is -1.13. The Kier molecular flexibility index (Phi) is 3.01. The van der Waals surface area contributed by atoms with Crippen molar-refractivity contribution in [3.63, 3.8) is 0 Å². The maximum atomic E-state index is 5.47. The van der Waals surface area contributed by atoms with Crippen LogP contribution in [0.1, 0.15) is 5.69 Å². The third kappa shape index (κ3) is 1.93. The summed E-state index contributed by atoms with van der Waals surface area (Å²) in [5.41, 5.74) is 11.9. The molecule has 1 aromatic rings. The van der Waals surface area contributed by atoms with Gasteiger partial charge in [0.15, 0.2) is 0 Å². The predicted molar refractivity (Wildman–Crippen MR) is 49.6 cm³/mol. The van der Waals surface area contributed by atoms with E-state index in [4.69, 9.17) is 11.5 Å². The second-order valence-electron chi connectivity index (χ2n) is 2.54. The van der Waals surface area contributed by atoms with Gasteiger partial charge in [0, 0.05) is 5.69 Å². The fraction of sp³-hybridized carbons (Fsp3) is 0.375. The molecule has 4 N–H and O–H groups in total. The number of aromatic nitrogens is 1. The molecule has 4 nitrogen and oxygen atoms in total. The van der Waals surface area contributed by atoms with Gasteiger partial charge in [-0.25, -0.2) is 4.98 Å². The van der Waals surface area contributed by atoms with Crippen LogP contribution in [0.4, 0.5) is 5.82 Å². The van der Waals surface area contributed by atoms with Gasteiger partial charge in [-0.2, -0.15) is 0 Å². The zero-order valence-corrected chi connectivity index (χ0v) is 7.20. The Morgan fingerprint density at radius 2 is 2.00 bits per heavy atom. The van der Waals surface area contributed by atoms with Crippen molar-refractivity contribution in [1.29, 1.82) is 0 Å². The molecule has 0 saturated carbocycles. The summed E-state index contributed by atoms with van der Waals surface area (Å²) < 4.78 is 0. The number of hydrogen-bond acceptors (Lipinski definition) is 4. The summed E-state index contributed by atoms with van der Waals surface area (Å²) in [5.74, 6) is 0.833. The van der Waals surface area contributed by atoms with E-state index in [0.717, 1.165) is 11.5 Å². The molecule has 0 saturated heterocycles. The summed E-state index contributed by atoms with van der Waals surface area (Å²) in [6.07, 6.45) is 0. The number of rotatable bonds is 3. The molecule has 0 aromatic carbocycles. The minimum atomic E-state index is 0.396. The normalized spacial score (nSPS) is 9.92. The highest BCUT2D eigenvalue weighted by molar-refractivity contribution is 5.38. The molecular weight excluding hydrogens is 152 g/mol. The van der Waals surface area contributed by atoms with E-state index in [1.807, 2.05) is 25.1 Å². The van der Waals surface area contributed by atoms with Gasteiger partial charge in [0.25, 0.3) is 0 Å². The highest BCUT2D eigenvalue weighted by Crippen LogP contribution is 2.07. The summed E-state index contributed by atoms with van der Waals surface area (Å²) in [4.78, 5) is 6.08. The van der Waals surface area contributed by atoms with Gasteiger partial charge in [-0.1, -0.05) is 6.07 Å². The first-order chi connectivity index (χ1) is 5.77. The third-order valence-corrected chi connectivity index (χ3v) is 1.64.